The quantitative estimate of drug-likeness (QED) is 0.637. The van der Waals surface area contributed by atoms with Gasteiger partial charge in [-0.15, -0.1) is 0 Å². The summed E-state index contributed by atoms with van der Waals surface area (Å²) >= 11 is 0. The molecule has 0 unspecified atom stereocenters. The fourth-order valence-electron chi connectivity index (χ4n) is 0.846. The summed E-state index contributed by atoms with van der Waals surface area (Å²) in [7, 11) is 1.74. The second-order valence-corrected chi connectivity index (χ2v) is 2.14. The molecule has 0 fully saturated rings. The van der Waals surface area contributed by atoms with Crippen LogP contribution in [0.25, 0.3) is 0 Å². The number of amides is 1. The van der Waals surface area contributed by atoms with Crippen molar-refractivity contribution in [2.24, 2.45) is 7.05 Å². The van der Waals surface area contributed by atoms with Gasteiger partial charge in [0.05, 0.1) is 11.4 Å². The maximum Gasteiger partial charge on any atom is 0.211 e. The lowest BCUT2D eigenvalue weighted by molar-refractivity contribution is -0.105. The van der Waals surface area contributed by atoms with Crippen molar-refractivity contribution in [3.05, 3.63) is 18.0 Å². The first-order valence-corrected chi connectivity index (χ1v) is 3.09. The molecule has 0 aliphatic heterocycles. The van der Waals surface area contributed by atoms with Crippen LogP contribution in [0.1, 0.15) is 10.5 Å². The van der Waals surface area contributed by atoms with Crippen LogP contribution < -0.4 is 5.32 Å². The lowest BCUT2D eigenvalue weighted by Crippen LogP contribution is -1.91. The van der Waals surface area contributed by atoms with Crippen molar-refractivity contribution >= 4 is 18.4 Å². The Morgan fingerprint density at radius 3 is 2.73 bits per heavy atom. The number of nitrogens with zero attached hydrogens (tertiary/aromatic N) is 1. The van der Waals surface area contributed by atoms with Crippen LogP contribution in [-0.4, -0.2) is 17.3 Å². The third-order valence-corrected chi connectivity index (χ3v) is 1.39. The summed E-state index contributed by atoms with van der Waals surface area (Å²) in [5.41, 5.74) is 1.17. The Balaban J connectivity index is 2.94. The molecule has 0 atom stereocenters. The van der Waals surface area contributed by atoms with Gasteiger partial charge in [-0.3, -0.25) is 9.59 Å². The Morgan fingerprint density at radius 1 is 1.55 bits per heavy atom. The SMILES string of the molecule is Cn1cc(NC=O)cc1C=O. The summed E-state index contributed by atoms with van der Waals surface area (Å²) in [6.07, 6.45) is 2.97. The van der Waals surface area contributed by atoms with Gasteiger partial charge in [-0.2, -0.15) is 0 Å². The van der Waals surface area contributed by atoms with Crippen LogP contribution in [0.3, 0.4) is 0 Å². The zero-order chi connectivity index (χ0) is 8.27. The summed E-state index contributed by atoms with van der Waals surface area (Å²) < 4.78 is 1.64. The maximum absolute atomic E-state index is 10.3. The lowest BCUT2D eigenvalue weighted by atomic mass is 10.4. The smallest absolute Gasteiger partial charge is 0.211 e. The Bertz CT molecular complexity index is 278. The van der Waals surface area contributed by atoms with Gasteiger partial charge in [-0.1, -0.05) is 0 Å². The van der Waals surface area contributed by atoms with Crippen LogP contribution in [0.4, 0.5) is 5.69 Å². The van der Waals surface area contributed by atoms with Crippen LogP contribution in [0.5, 0.6) is 0 Å². The van der Waals surface area contributed by atoms with E-state index in [1.54, 1.807) is 23.9 Å². The minimum Gasteiger partial charge on any atom is -0.346 e. The summed E-state index contributed by atoms with van der Waals surface area (Å²) in [6.45, 7) is 0. The molecule has 0 aliphatic rings. The van der Waals surface area contributed by atoms with E-state index >= 15 is 0 Å². The van der Waals surface area contributed by atoms with Gasteiger partial charge in [0.25, 0.3) is 0 Å². The predicted molar refractivity (Wildman–Crippen MR) is 40.5 cm³/mol. The largest absolute Gasteiger partial charge is 0.346 e. The standard InChI is InChI=1S/C7H8N2O2/c1-9-3-6(8-5-11)2-7(9)4-10/h2-5H,1H3,(H,8,11). The number of anilines is 1. The topological polar surface area (TPSA) is 51.1 Å². The number of carbonyl (C=O) groups is 2. The van der Waals surface area contributed by atoms with E-state index in [9.17, 15) is 9.59 Å². The second-order valence-electron chi connectivity index (χ2n) is 2.14. The van der Waals surface area contributed by atoms with Crippen LogP contribution in [0.15, 0.2) is 12.3 Å². The van der Waals surface area contributed by atoms with Gasteiger partial charge < -0.3 is 9.88 Å². The molecule has 0 saturated heterocycles. The van der Waals surface area contributed by atoms with Crippen molar-refractivity contribution in [2.45, 2.75) is 0 Å². The number of aryl methyl sites for hydroxylation is 1. The highest BCUT2D eigenvalue weighted by Crippen LogP contribution is 2.09. The molecule has 0 aliphatic carbocycles. The van der Waals surface area contributed by atoms with E-state index in [0.717, 1.165) is 6.29 Å². The van der Waals surface area contributed by atoms with Gasteiger partial charge in [0.1, 0.15) is 0 Å². The number of nitrogens with one attached hydrogen (secondary N) is 1. The normalized spacial score (nSPS) is 9.18. The Morgan fingerprint density at radius 2 is 2.27 bits per heavy atom. The van der Waals surface area contributed by atoms with Gasteiger partial charge in [0.15, 0.2) is 6.29 Å². The average Bonchev–Trinajstić information content (AvgIpc) is 2.32. The van der Waals surface area contributed by atoms with Crippen molar-refractivity contribution in [2.75, 3.05) is 5.32 Å². The van der Waals surface area contributed by atoms with Crippen LogP contribution in [0, 0.1) is 0 Å². The van der Waals surface area contributed by atoms with E-state index < -0.39 is 0 Å². The molecule has 1 rings (SSSR count). The van der Waals surface area contributed by atoms with Crippen molar-refractivity contribution in [3.8, 4) is 0 Å². The number of rotatable bonds is 3. The van der Waals surface area contributed by atoms with E-state index in [1.165, 1.54) is 0 Å². The highest BCUT2D eigenvalue weighted by atomic mass is 16.1. The number of hydrogen-bond donors (Lipinski definition) is 1. The Kier molecular flexibility index (Phi) is 2.06. The molecular formula is C7H8N2O2. The second kappa shape index (κ2) is 3.01. The van der Waals surface area contributed by atoms with E-state index in [-0.39, 0.29) is 0 Å². The first kappa shape index (κ1) is 7.53. The van der Waals surface area contributed by atoms with E-state index in [0.29, 0.717) is 17.8 Å². The zero-order valence-corrected chi connectivity index (χ0v) is 6.07. The minimum absolute atomic E-state index is 0.536. The number of aldehydes is 1. The summed E-state index contributed by atoms with van der Waals surface area (Å²) in [4.78, 5) is 20.3. The third kappa shape index (κ3) is 1.46. The molecule has 1 amide bonds. The lowest BCUT2D eigenvalue weighted by Gasteiger charge is -1.89. The van der Waals surface area contributed by atoms with Gasteiger partial charge in [0.2, 0.25) is 6.41 Å². The molecule has 0 bridgehead atoms. The zero-order valence-electron chi connectivity index (χ0n) is 6.07. The Labute approximate surface area is 63.8 Å². The van der Waals surface area contributed by atoms with E-state index in [4.69, 9.17) is 0 Å². The highest BCUT2D eigenvalue weighted by Gasteiger charge is 1.99. The van der Waals surface area contributed by atoms with Gasteiger partial charge in [0, 0.05) is 13.2 Å². The molecule has 1 aromatic rings. The van der Waals surface area contributed by atoms with Crippen molar-refractivity contribution in [1.82, 2.24) is 4.57 Å². The third-order valence-electron chi connectivity index (χ3n) is 1.39. The highest BCUT2D eigenvalue weighted by molar-refractivity contribution is 5.79. The maximum atomic E-state index is 10.3. The van der Waals surface area contributed by atoms with Gasteiger partial charge in [-0.25, -0.2) is 0 Å². The van der Waals surface area contributed by atoms with Crippen LogP contribution in [0.2, 0.25) is 0 Å². The first-order valence-electron chi connectivity index (χ1n) is 3.09. The summed E-state index contributed by atoms with van der Waals surface area (Å²) in [5, 5.41) is 2.44. The van der Waals surface area contributed by atoms with Crippen molar-refractivity contribution in [3.63, 3.8) is 0 Å². The molecule has 0 saturated carbocycles. The number of hydrogen-bond acceptors (Lipinski definition) is 2. The van der Waals surface area contributed by atoms with Gasteiger partial charge in [-0.05, 0) is 6.07 Å². The molecular weight excluding hydrogens is 144 g/mol. The molecule has 1 N–H and O–H groups in total. The van der Waals surface area contributed by atoms with E-state index in [2.05, 4.69) is 5.32 Å². The van der Waals surface area contributed by atoms with E-state index in [1.807, 2.05) is 0 Å². The average molecular weight is 152 g/mol. The molecule has 0 radical (unpaired) electrons. The van der Waals surface area contributed by atoms with Crippen molar-refractivity contribution in [1.29, 1.82) is 0 Å². The number of carbonyl (C=O) groups excluding carboxylic acids is 2. The Hall–Kier alpha value is -1.58. The van der Waals surface area contributed by atoms with Gasteiger partial charge >= 0.3 is 0 Å². The monoisotopic (exact) mass is 152 g/mol. The molecule has 4 heteroatoms. The van der Waals surface area contributed by atoms with Crippen LogP contribution >= 0.6 is 0 Å². The summed E-state index contributed by atoms with van der Waals surface area (Å²) in [5.74, 6) is 0. The van der Waals surface area contributed by atoms with Crippen LogP contribution in [-0.2, 0) is 11.8 Å². The fourth-order valence-corrected chi connectivity index (χ4v) is 0.846. The molecule has 4 nitrogen and oxygen atoms in total. The number of aromatic nitrogens is 1. The fraction of sp³-hybridized carbons (Fsp3) is 0.143. The summed E-state index contributed by atoms with van der Waals surface area (Å²) in [6, 6.07) is 1.60. The molecule has 1 heterocycles. The molecule has 0 spiro atoms. The predicted octanol–water partition coefficient (Wildman–Crippen LogP) is 0.406. The molecule has 58 valence electrons. The first-order chi connectivity index (χ1) is 5.27. The minimum atomic E-state index is 0.536. The van der Waals surface area contributed by atoms with Crippen molar-refractivity contribution < 1.29 is 9.59 Å². The molecule has 0 aromatic carbocycles. The molecule has 1 aromatic heterocycles. The molecule has 11 heavy (non-hydrogen) atoms.